The summed E-state index contributed by atoms with van der Waals surface area (Å²) in [5, 5.41) is 20.0. The van der Waals surface area contributed by atoms with E-state index < -0.39 is 22.5 Å². The Bertz CT molecular complexity index is 516. The topological polar surface area (TPSA) is 102 Å². The molecule has 0 fully saturated rings. The van der Waals surface area contributed by atoms with Crippen LogP contribution in [0.15, 0.2) is 29.2 Å². The van der Waals surface area contributed by atoms with Crippen LogP contribution in [0.1, 0.15) is 20.8 Å². The molecule has 0 heterocycles. The third kappa shape index (κ3) is 6.11. The van der Waals surface area contributed by atoms with Crippen LogP contribution >= 0.6 is 11.9 Å². The molecular weight excluding hydrogens is 296 g/mol. The summed E-state index contributed by atoms with van der Waals surface area (Å²) in [7, 11) is 0. The van der Waals surface area contributed by atoms with Crippen LogP contribution in [0.5, 0.6) is 0 Å². The molecule has 0 aliphatic heterocycles. The van der Waals surface area contributed by atoms with Crippen molar-refractivity contribution in [2.75, 3.05) is 6.61 Å². The first kappa shape index (κ1) is 17.4. The fourth-order valence-electron chi connectivity index (χ4n) is 1.32. The largest absolute Gasteiger partial charge is 0.480 e. The number of carboxylic acids is 1. The van der Waals surface area contributed by atoms with Crippen LogP contribution in [0.4, 0.5) is 5.69 Å². The predicted octanol–water partition coefficient (Wildman–Crippen LogP) is 2.46. The van der Waals surface area contributed by atoms with Gasteiger partial charge in [0.05, 0.1) is 17.1 Å². The maximum atomic E-state index is 11.2. The SMILES string of the molecule is CC(C)(C)OC[C@H](NSc1ccccc1[N+](=O)[O-])C(=O)O. The second kappa shape index (κ2) is 7.39. The van der Waals surface area contributed by atoms with Crippen molar-refractivity contribution in [1.29, 1.82) is 0 Å². The van der Waals surface area contributed by atoms with Crippen LogP contribution in [0.3, 0.4) is 0 Å². The number of hydrogen-bond acceptors (Lipinski definition) is 6. The molecule has 0 amide bonds. The quantitative estimate of drug-likeness (QED) is 0.453. The minimum Gasteiger partial charge on any atom is -0.480 e. The molecule has 0 bridgehead atoms. The van der Waals surface area contributed by atoms with Crippen LogP contribution in [-0.4, -0.2) is 34.2 Å². The number of carbonyl (C=O) groups is 1. The van der Waals surface area contributed by atoms with E-state index in [1.54, 1.807) is 18.2 Å². The van der Waals surface area contributed by atoms with Gasteiger partial charge in [0.15, 0.2) is 0 Å². The zero-order valence-electron chi connectivity index (χ0n) is 12.0. The van der Waals surface area contributed by atoms with Gasteiger partial charge < -0.3 is 9.84 Å². The molecule has 2 N–H and O–H groups in total. The van der Waals surface area contributed by atoms with Gasteiger partial charge in [-0.05, 0) is 38.8 Å². The van der Waals surface area contributed by atoms with Crippen LogP contribution in [0.2, 0.25) is 0 Å². The van der Waals surface area contributed by atoms with Crippen molar-refractivity contribution in [3.63, 3.8) is 0 Å². The molecule has 1 aromatic carbocycles. The Labute approximate surface area is 127 Å². The standard InChI is InChI=1S/C13H18N2O5S/c1-13(2,3)20-8-9(12(16)17)14-21-11-7-5-4-6-10(11)15(18)19/h4-7,9,14H,8H2,1-3H3,(H,16,17)/t9-/m0/s1. The van der Waals surface area contributed by atoms with Crippen LogP contribution in [-0.2, 0) is 9.53 Å². The summed E-state index contributed by atoms with van der Waals surface area (Å²) in [6.07, 6.45) is 0. The van der Waals surface area contributed by atoms with E-state index in [4.69, 9.17) is 9.84 Å². The minimum absolute atomic E-state index is 0.0353. The second-order valence-corrected chi connectivity index (χ2v) is 6.14. The Morgan fingerprint density at radius 3 is 2.62 bits per heavy atom. The lowest BCUT2D eigenvalue weighted by Gasteiger charge is -2.22. The summed E-state index contributed by atoms with van der Waals surface area (Å²) in [6, 6.07) is 5.16. The molecular formula is C13H18N2O5S. The Balaban J connectivity index is 2.70. The van der Waals surface area contributed by atoms with Gasteiger partial charge >= 0.3 is 5.97 Å². The summed E-state index contributed by atoms with van der Waals surface area (Å²) in [4.78, 5) is 21.9. The van der Waals surface area contributed by atoms with E-state index in [0.717, 1.165) is 11.9 Å². The van der Waals surface area contributed by atoms with Crippen LogP contribution in [0.25, 0.3) is 0 Å². The van der Waals surface area contributed by atoms with Crippen molar-refractivity contribution < 1.29 is 19.6 Å². The molecule has 1 rings (SSSR count). The molecule has 1 aromatic rings. The van der Waals surface area contributed by atoms with E-state index in [0.29, 0.717) is 4.90 Å². The van der Waals surface area contributed by atoms with Crippen molar-refractivity contribution in [3.8, 4) is 0 Å². The monoisotopic (exact) mass is 314 g/mol. The van der Waals surface area contributed by atoms with Crippen molar-refractivity contribution in [3.05, 3.63) is 34.4 Å². The highest BCUT2D eigenvalue weighted by Crippen LogP contribution is 2.27. The first-order valence-electron chi connectivity index (χ1n) is 6.23. The highest BCUT2D eigenvalue weighted by molar-refractivity contribution is 7.97. The Hall–Kier alpha value is -1.64. The molecule has 0 aromatic heterocycles. The number of benzene rings is 1. The number of carboxylic acid groups (broad SMARTS) is 1. The molecule has 1 atom stereocenters. The van der Waals surface area contributed by atoms with E-state index in [-0.39, 0.29) is 12.3 Å². The first-order valence-corrected chi connectivity index (χ1v) is 7.05. The molecule has 0 unspecified atom stereocenters. The summed E-state index contributed by atoms with van der Waals surface area (Å²) in [6.45, 7) is 5.43. The highest BCUT2D eigenvalue weighted by atomic mass is 32.2. The smallest absolute Gasteiger partial charge is 0.323 e. The number of nitrogens with zero attached hydrogens (tertiary/aromatic N) is 1. The molecule has 0 saturated heterocycles. The third-order valence-corrected chi connectivity index (χ3v) is 3.32. The second-order valence-electron chi connectivity index (χ2n) is 5.26. The van der Waals surface area contributed by atoms with E-state index >= 15 is 0 Å². The van der Waals surface area contributed by atoms with E-state index in [9.17, 15) is 14.9 Å². The van der Waals surface area contributed by atoms with E-state index in [1.807, 2.05) is 20.8 Å². The van der Waals surface area contributed by atoms with Gasteiger partial charge in [0.2, 0.25) is 0 Å². The van der Waals surface area contributed by atoms with Gasteiger partial charge in [-0.2, -0.15) is 0 Å². The number of aliphatic carboxylic acids is 1. The number of nitro groups is 1. The minimum atomic E-state index is -1.08. The summed E-state index contributed by atoms with van der Waals surface area (Å²) >= 11 is 0.910. The number of nitro benzene ring substituents is 1. The molecule has 0 aliphatic rings. The highest BCUT2D eigenvalue weighted by Gasteiger charge is 2.23. The molecule has 8 heteroatoms. The van der Waals surface area contributed by atoms with Crippen molar-refractivity contribution in [1.82, 2.24) is 4.72 Å². The average molecular weight is 314 g/mol. The molecule has 0 saturated carbocycles. The van der Waals surface area contributed by atoms with Crippen molar-refractivity contribution in [2.45, 2.75) is 37.3 Å². The number of nitrogens with one attached hydrogen (secondary N) is 1. The Morgan fingerprint density at radius 1 is 1.48 bits per heavy atom. The molecule has 0 radical (unpaired) electrons. The first-order chi connectivity index (χ1) is 9.70. The van der Waals surface area contributed by atoms with Gasteiger partial charge in [-0.1, -0.05) is 12.1 Å². The molecule has 0 aliphatic carbocycles. The van der Waals surface area contributed by atoms with Crippen molar-refractivity contribution >= 4 is 23.6 Å². The Kier molecular flexibility index (Phi) is 6.13. The van der Waals surface area contributed by atoms with Crippen molar-refractivity contribution in [2.24, 2.45) is 0 Å². The van der Waals surface area contributed by atoms with Crippen LogP contribution < -0.4 is 4.72 Å². The molecule has 116 valence electrons. The lowest BCUT2D eigenvalue weighted by molar-refractivity contribution is -0.387. The Morgan fingerprint density at radius 2 is 2.10 bits per heavy atom. The third-order valence-electron chi connectivity index (χ3n) is 2.35. The van der Waals surface area contributed by atoms with Gasteiger partial charge in [-0.15, -0.1) is 0 Å². The molecule has 0 spiro atoms. The van der Waals surface area contributed by atoms with Gasteiger partial charge in [0.25, 0.3) is 5.69 Å². The fourth-order valence-corrected chi connectivity index (χ4v) is 2.15. The van der Waals surface area contributed by atoms with Gasteiger partial charge in [-0.3, -0.25) is 14.9 Å². The average Bonchev–Trinajstić information content (AvgIpc) is 2.37. The lowest BCUT2D eigenvalue weighted by Crippen LogP contribution is -2.39. The molecule has 7 nitrogen and oxygen atoms in total. The normalized spacial score (nSPS) is 12.9. The zero-order valence-corrected chi connectivity index (χ0v) is 12.8. The molecule has 21 heavy (non-hydrogen) atoms. The zero-order chi connectivity index (χ0) is 16.0. The maximum absolute atomic E-state index is 11.2. The predicted molar refractivity (Wildman–Crippen MR) is 79.2 cm³/mol. The summed E-state index contributed by atoms with van der Waals surface area (Å²) in [5.41, 5.74) is -0.533. The van der Waals surface area contributed by atoms with E-state index in [2.05, 4.69) is 4.72 Å². The number of hydrogen-bond donors (Lipinski definition) is 2. The summed E-state index contributed by atoms with van der Waals surface area (Å²) in [5.74, 6) is -1.08. The number of ether oxygens (including phenoxy) is 1. The van der Waals surface area contributed by atoms with Crippen LogP contribution in [0, 0.1) is 10.1 Å². The number of para-hydroxylation sites is 1. The van der Waals surface area contributed by atoms with Gasteiger partial charge in [0.1, 0.15) is 10.9 Å². The number of rotatable bonds is 7. The van der Waals surface area contributed by atoms with Gasteiger partial charge in [0, 0.05) is 6.07 Å². The van der Waals surface area contributed by atoms with Gasteiger partial charge in [-0.25, -0.2) is 4.72 Å². The van der Waals surface area contributed by atoms with E-state index in [1.165, 1.54) is 6.07 Å². The maximum Gasteiger partial charge on any atom is 0.323 e. The fraction of sp³-hybridized carbons (Fsp3) is 0.462. The summed E-state index contributed by atoms with van der Waals surface area (Å²) < 4.78 is 8.12. The lowest BCUT2D eigenvalue weighted by atomic mass is 10.2.